The van der Waals surface area contributed by atoms with Crippen molar-refractivity contribution in [2.75, 3.05) is 0 Å². The van der Waals surface area contributed by atoms with Crippen LogP contribution in [0.2, 0.25) is 0 Å². The molecule has 1 aliphatic rings. The number of hydrogen-bond acceptors (Lipinski definition) is 1. The van der Waals surface area contributed by atoms with Crippen LogP contribution in [0.1, 0.15) is 61.5 Å². The van der Waals surface area contributed by atoms with Gasteiger partial charge in [0, 0.05) is 11.4 Å². The zero-order chi connectivity index (χ0) is 10.8. The van der Waals surface area contributed by atoms with Crippen molar-refractivity contribution in [3.05, 3.63) is 28.6 Å². The summed E-state index contributed by atoms with van der Waals surface area (Å²) >= 11 is 0. The smallest absolute Gasteiger partial charge is 0.0461 e. The molecule has 0 atom stereocenters. The summed E-state index contributed by atoms with van der Waals surface area (Å²) in [6.45, 7) is 6.67. The van der Waals surface area contributed by atoms with Crippen molar-refractivity contribution >= 4 is 0 Å². The summed E-state index contributed by atoms with van der Waals surface area (Å²) in [6, 6.07) is 2.38. The Kier molecular flexibility index (Phi) is 3.08. The summed E-state index contributed by atoms with van der Waals surface area (Å²) in [6.07, 6.45) is 6.46. The molecule has 82 valence electrons. The van der Waals surface area contributed by atoms with Gasteiger partial charge in [0.1, 0.15) is 0 Å². The number of nitrogens with zero attached hydrogens (tertiary/aromatic N) is 1. The number of fused-ring (bicyclic) bond motifs is 1. The van der Waals surface area contributed by atoms with E-state index in [-0.39, 0.29) is 0 Å². The Bertz CT molecular complexity index is 353. The Morgan fingerprint density at radius 2 is 1.87 bits per heavy atom. The molecule has 15 heavy (non-hydrogen) atoms. The lowest BCUT2D eigenvalue weighted by Gasteiger charge is -2.13. The Morgan fingerprint density at radius 1 is 1.13 bits per heavy atom. The van der Waals surface area contributed by atoms with E-state index in [1.165, 1.54) is 54.6 Å². The lowest BCUT2D eigenvalue weighted by Crippen LogP contribution is -2.04. The Morgan fingerprint density at radius 3 is 2.60 bits per heavy atom. The van der Waals surface area contributed by atoms with Crippen molar-refractivity contribution in [2.24, 2.45) is 0 Å². The summed E-state index contributed by atoms with van der Waals surface area (Å²) in [7, 11) is 0. The van der Waals surface area contributed by atoms with E-state index in [0.717, 1.165) is 0 Å². The van der Waals surface area contributed by atoms with Gasteiger partial charge in [0.15, 0.2) is 0 Å². The molecule has 1 heteroatoms. The molecule has 0 spiro atoms. The Hall–Kier alpha value is -0.850. The van der Waals surface area contributed by atoms with Gasteiger partial charge in [0.25, 0.3) is 0 Å². The lowest BCUT2D eigenvalue weighted by molar-refractivity contribution is 0.706. The van der Waals surface area contributed by atoms with Crippen LogP contribution in [0.4, 0.5) is 0 Å². The van der Waals surface area contributed by atoms with Crippen molar-refractivity contribution < 1.29 is 0 Å². The zero-order valence-corrected chi connectivity index (χ0v) is 10.1. The average Bonchev–Trinajstić information content (AvgIpc) is 2.40. The molecule has 0 N–H and O–H groups in total. The van der Waals surface area contributed by atoms with Crippen LogP contribution in [-0.4, -0.2) is 4.98 Å². The topological polar surface area (TPSA) is 12.9 Å². The molecule has 0 bridgehead atoms. The Labute approximate surface area is 92.9 Å². The van der Waals surface area contributed by atoms with Crippen LogP contribution in [0, 0.1) is 6.92 Å². The van der Waals surface area contributed by atoms with Gasteiger partial charge in [-0.1, -0.05) is 26.3 Å². The number of rotatable bonds is 1. The fourth-order valence-electron chi connectivity index (χ4n) is 2.53. The molecule has 0 radical (unpaired) electrons. The molecule has 0 saturated heterocycles. The van der Waals surface area contributed by atoms with Crippen LogP contribution < -0.4 is 0 Å². The first kappa shape index (κ1) is 10.7. The van der Waals surface area contributed by atoms with E-state index in [9.17, 15) is 0 Å². The molecule has 0 unspecified atom stereocenters. The summed E-state index contributed by atoms with van der Waals surface area (Å²) in [5.74, 6) is 0.554. The number of aromatic nitrogens is 1. The standard InChI is InChI=1S/C14H21N/c1-10(2)14-11(3)9-12-7-5-4-6-8-13(12)15-14/h9-10H,4-8H2,1-3H3. The maximum atomic E-state index is 4.87. The van der Waals surface area contributed by atoms with Gasteiger partial charge in [-0.15, -0.1) is 0 Å². The van der Waals surface area contributed by atoms with E-state index in [4.69, 9.17) is 4.98 Å². The monoisotopic (exact) mass is 203 g/mol. The van der Waals surface area contributed by atoms with Crippen LogP contribution in [0.25, 0.3) is 0 Å². The van der Waals surface area contributed by atoms with E-state index in [1.54, 1.807) is 0 Å². The van der Waals surface area contributed by atoms with Gasteiger partial charge in [-0.25, -0.2) is 0 Å². The van der Waals surface area contributed by atoms with E-state index >= 15 is 0 Å². The van der Waals surface area contributed by atoms with Crippen LogP contribution >= 0.6 is 0 Å². The molecule has 1 aromatic heterocycles. The van der Waals surface area contributed by atoms with Crippen LogP contribution in [0.5, 0.6) is 0 Å². The van der Waals surface area contributed by atoms with E-state index in [0.29, 0.717) is 5.92 Å². The van der Waals surface area contributed by atoms with Crippen LogP contribution in [0.15, 0.2) is 6.07 Å². The molecule has 0 fully saturated rings. The van der Waals surface area contributed by atoms with Gasteiger partial charge in [-0.3, -0.25) is 4.98 Å². The maximum absolute atomic E-state index is 4.87. The molecule has 1 aromatic rings. The highest BCUT2D eigenvalue weighted by atomic mass is 14.7. The van der Waals surface area contributed by atoms with Gasteiger partial charge in [-0.2, -0.15) is 0 Å². The molecule has 1 nitrogen and oxygen atoms in total. The lowest BCUT2D eigenvalue weighted by atomic mass is 9.99. The van der Waals surface area contributed by atoms with Gasteiger partial charge in [-0.05, 0) is 49.7 Å². The second-order valence-electron chi connectivity index (χ2n) is 5.01. The number of hydrogen-bond donors (Lipinski definition) is 0. The van der Waals surface area contributed by atoms with Crippen molar-refractivity contribution in [2.45, 2.75) is 58.8 Å². The quantitative estimate of drug-likeness (QED) is 0.633. The third kappa shape index (κ3) is 2.22. The van der Waals surface area contributed by atoms with Gasteiger partial charge in [0.2, 0.25) is 0 Å². The highest BCUT2D eigenvalue weighted by Crippen LogP contribution is 2.24. The summed E-state index contributed by atoms with van der Waals surface area (Å²) < 4.78 is 0. The largest absolute Gasteiger partial charge is 0.257 e. The normalized spacial score (nSPS) is 16.3. The van der Waals surface area contributed by atoms with Gasteiger partial charge >= 0.3 is 0 Å². The van der Waals surface area contributed by atoms with Gasteiger partial charge < -0.3 is 0 Å². The number of pyridine rings is 1. The summed E-state index contributed by atoms with van der Waals surface area (Å²) in [4.78, 5) is 4.87. The van der Waals surface area contributed by atoms with E-state index in [2.05, 4.69) is 26.8 Å². The number of aryl methyl sites for hydroxylation is 3. The molecule has 1 aliphatic carbocycles. The maximum Gasteiger partial charge on any atom is 0.0461 e. The minimum atomic E-state index is 0.554. The Balaban J connectivity index is 2.42. The molecule has 0 amide bonds. The third-order valence-corrected chi connectivity index (χ3v) is 3.33. The van der Waals surface area contributed by atoms with E-state index in [1.807, 2.05) is 0 Å². The molecule has 0 aromatic carbocycles. The first-order valence-corrected chi connectivity index (χ1v) is 6.18. The fraction of sp³-hybridized carbons (Fsp3) is 0.643. The minimum absolute atomic E-state index is 0.554. The molecule has 0 aliphatic heterocycles. The summed E-state index contributed by atoms with van der Waals surface area (Å²) in [5.41, 5.74) is 5.57. The van der Waals surface area contributed by atoms with Crippen molar-refractivity contribution in [3.63, 3.8) is 0 Å². The fourth-order valence-corrected chi connectivity index (χ4v) is 2.53. The predicted molar refractivity (Wildman–Crippen MR) is 64.3 cm³/mol. The first-order chi connectivity index (χ1) is 7.18. The van der Waals surface area contributed by atoms with Crippen molar-refractivity contribution in [1.29, 1.82) is 0 Å². The predicted octanol–water partition coefficient (Wildman–Crippen LogP) is 3.78. The zero-order valence-electron chi connectivity index (χ0n) is 10.1. The summed E-state index contributed by atoms with van der Waals surface area (Å²) in [5, 5.41) is 0. The molecular weight excluding hydrogens is 182 g/mol. The SMILES string of the molecule is Cc1cc2c(nc1C(C)C)CCCCC2. The highest BCUT2D eigenvalue weighted by Gasteiger charge is 2.13. The third-order valence-electron chi connectivity index (χ3n) is 3.33. The average molecular weight is 203 g/mol. The van der Waals surface area contributed by atoms with Crippen molar-refractivity contribution in [3.8, 4) is 0 Å². The molecule has 0 saturated carbocycles. The van der Waals surface area contributed by atoms with Crippen LogP contribution in [-0.2, 0) is 12.8 Å². The van der Waals surface area contributed by atoms with Crippen LogP contribution in [0.3, 0.4) is 0 Å². The molecule has 2 rings (SSSR count). The van der Waals surface area contributed by atoms with Crippen molar-refractivity contribution in [1.82, 2.24) is 4.98 Å². The highest BCUT2D eigenvalue weighted by molar-refractivity contribution is 5.32. The van der Waals surface area contributed by atoms with Gasteiger partial charge in [0.05, 0.1) is 0 Å². The molecular formula is C14H21N. The molecule has 1 heterocycles. The first-order valence-electron chi connectivity index (χ1n) is 6.18. The second kappa shape index (κ2) is 4.34. The second-order valence-corrected chi connectivity index (χ2v) is 5.01. The minimum Gasteiger partial charge on any atom is -0.257 e. The van der Waals surface area contributed by atoms with E-state index < -0.39 is 0 Å².